The van der Waals surface area contributed by atoms with Gasteiger partial charge < -0.3 is 30.6 Å². The average molecular weight is 508 g/mol. The second-order valence-corrected chi connectivity index (χ2v) is 8.57. The fourth-order valence-electron chi connectivity index (χ4n) is 4.86. The maximum atomic E-state index is 12.3. The molecule has 0 amide bonds. The van der Waals surface area contributed by atoms with Crippen LogP contribution in [0.2, 0.25) is 0 Å². The van der Waals surface area contributed by atoms with Gasteiger partial charge in [0.25, 0.3) is 11.2 Å². The van der Waals surface area contributed by atoms with Crippen LogP contribution in [0.5, 0.6) is 5.75 Å². The fraction of sp³-hybridized carbons (Fsp3) is 0.240. The molecule has 0 radical (unpaired) electrons. The molecule has 37 heavy (non-hydrogen) atoms. The van der Waals surface area contributed by atoms with E-state index in [1.165, 1.54) is 12.1 Å². The van der Waals surface area contributed by atoms with Crippen LogP contribution < -0.4 is 20.9 Å². The quantitative estimate of drug-likeness (QED) is 0.272. The second kappa shape index (κ2) is 10.0. The number of nitro benzene ring substituents is 1. The number of carbonyl (C=O) groups is 2. The number of ether oxygens (including phenoxy) is 1. The molecule has 1 aliphatic rings. The van der Waals surface area contributed by atoms with Crippen molar-refractivity contribution in [3.8, 4) is 16.9 Å². The molecule has 1 fully saturated rings. The number of anilines is 2. The summed E-state index contributed by atoms with van der Waals surface area (Å²) in [7, 11) is 1.61. The minimum Gasteiger partial charge on any atom is -0.496 e. The van der Waals surface area contributed by atoms with Crippen LogP contribution in [0.25, 0.3) is 11.1 Å². The molecule has 1 aromatic heterocycles. The number of carboxylic acid groups (broad SMARTS) is 2. The Morgan fingerprint density at radius 1 is 1.11 bits per heavy atom. The lowest BCUT2D eigenvalue weighted by molar-refractivity contribution is -0.384. The topological polar surface area (TPSA) is 189 Å². The number of benzene rings is 2. The van der Waals surface area contributed by atoms with Gasteiger partial charge >= 0.3 is 11.9 Å². The molecule has 0 unspecified atom stereocenters. The summed E-state index contributed by atoms with van der Waals surface area (Å²) in [6, 6.07) is 11.6. The molecule has 192 valence electrons. The number of H-pyrrole nitrogens is 1. The van der Waals surface area contributed by atoms with Gasteiger partial charge in [-0.05, 0) is 42.0 Å². The Morgan fingerprint density at radius 2 is 1.76 bits per heavy atom. The van der Waals surface area contributed by atoms with Gasteiger partial charge in [-0.25, -0.2) is 9.59 Å². The SMILES string of the molecule is COc1ccccc1C1CCN(c2ccc(-c3c(C(=O)O)c(N)[nH]c(=O)c3C(=O)O)cc2[N+](=O)[O-])CC1. The Balaban J connectivity index is 1.74. The number of nitrogen functional groups attached to an aromatic ring is 1. The van der Waals surface area contributed by atoms with Crippen LogP contribution in [-0.4, -0.2) is 52.3 Å². The normalized spacial score (nSPS) is 13.8. The van der Waals surface area contributed by atoms with E-state index >= 15 is 0 Å². The smallest absolute Gasteiger partial charge is 0.342 e. The molecule has 0 saturated carbocycles. The third-order valence-corrected chi connectivity index (χ3v) is 6.55. The number of aromatic amines is 1. The van der Waals surface area contributed by atoms with Gasteiger partial charge in [-0.15, -0.1) is 0 Å². The first-order valence-electron chi connectivity index (χ1n) is 11.3. The lowest BCUT2D eigenvalue weighted by Crippen LogP contribution is -2.33. The molecule has 3 aromatic rings. The molecule has 1 saturated heterocycles. The molecule has 5 N–H and O–H groups in total. The summed E-state index contributed by atoms with van der Waals surface area (Å²) in [5.41, 5.74) is 3.45. The third kappa shape index (κ3) is 4.68. The van der Waals surface area contributed by atoms with Crippen molar-refractivity contribution in [1.82, 2.24) is 4.98 Å². The number of methoxy groups -OCH3 is 1. The summed E-state index contributed by atoms with van der Waals surface area (Å²) in [5.74, 6) is -2.83. The molecule has 0 atom stereocenters. The summed E-state index contributed by atoms with van der Waals surface area (Å²) in [5, 5.41) is 31.3. The first-order chi connectivity index (χ1) is 17.6. The summed E-state index contributed by atoms with van der Waals surface area (Å²) < 4.78 is 5.47. The first-order valence-corrected chi connectivity index (χ1v) is 11.3. The number of hydrogen-bond acceptors (Lipinski definition) is 8. The minimum absolute atomic E-state index is 0.119. The summed E-state index contributed by atoms with van der Waals surface area (Å²) in [6.07, 6.45) is 1.44. The van der Waals surface area contributed by atoms with E-state index in [0.29, 0.717) is 18.8 Å². The van der Waals surface area contributed by atoms with Crippen molar-refractivity contribution in [3.63, 3.8) is 0 Å². The van der Waals surface area contributed by atoms with E-state index < -0.39 is 44.9 Å². The van der Waals surface area contributed by atoms with Crippen LogP contribution in [0.1, 0.15) is 45.0 Å². The number of pyridine rings is 1. The van der Waals surface area contributed by atoms with E-state index in [0.717, 1.165) is 30.2 Å². The van der Waals surface area contributed by atoms with Gasteiger partial charge in [-0.2, -0.15) is 0 Å². The van der Waals surface area contributed by atoms with Crippen LogP contribution in [0.15, 0.2) is 47.3 Å². The zero-order chi connectivity index (χ0) is 26.9. The van der Waals surface area contributed by atoms with Crippen LogP contribution in [0.3, 0.4) is 0 Å². The van der Waals surface area contributed by atoms with E-state index in [4.69, 9.17) is 10.5 Å². The number of nitrogens with one attached hydrogen (secondary N) is 1. The second-order valence-electron chi connectivity index (χ2n) is 8.57. The number of para-hydroxylation sites is 1. The summed E-state index contributed by atoms with van der Waals surface area (Å²) in [4.78, 5) is 51.3. The summed E-state index contributed by atoms with van der Waals surface area (Å²) >= 11 is 0. The number of aromatic carboxylic acids is 2. The average Bonchev–Trinajstić information content (AvgIpc) is 2.87. The molecule has 0 spiro atoms. The monoisotopic (exact) mass is 508 g/mol. The number of rotatable bonds is 7. The van der Waals surface area contributed by atoms with Gasteiger partial charge in [0.15, 0.2) is 0 Å². The molecular formula is C25H24N4O8. The standard InChI is InChI=1S/C25H24N4O8/c1-37-18-5-3-2-4-15(18)13-8-10-28(11-9-13)16-7-6-14(12-17(16)29(35)36)19-20(24(31)32)22(26)27-23(30)21(19)25(33)34/h2-7,12-13H,8-11H2,1H3,(H,31,32)(H,33,34)(H3,26,27,30). The van der Waals surface area contributed by atoms with Crippen LogP contribution in [0.4, 0.5) is 17.2 Å². The zero-order valence-corrected chi connectivity index (χ0v) is 19.8. The highest BCUT2D eigenvalue weighted by molar-refractivity contribution is 6.07. The number of nitrogens with zero attached hydrogens (tertiary/aromatic N) is 2. The maximum absolute atomic E-state index is 12.3. The summed E-state index contributed by atoms with van der Waals surface area (Å²) in [6.45, 7) is 1.03. The van der Waals surface area contributed by atoms with Crippen molar-refractivity contribution in [1.29, 1.82) is 0 Å². The molecule has 0 aliphatic carbocycles. The number of aromatic nitrogens is 1. The predicted octanol–water partition coefficient (Wildman–Crippen LogP) is 3.32. The van der Waals surface area contributed by atoms with Crippen LogP contribution in [0, 0.1) is 10.1 Å². The van der Waals surface area contributed by atoms with Crippen molar-refractivity contribution in [2.45, 2.75) is 18.8 Å². The van der Waals surface area contributed by atoms with E-state index in [2.05, 4.69) is 0 Å². The molecule has 2 heterocycles. The van der Waals surface area contributed by atoms with Gasteiger partial charge in [0, 0.05) is 24.7 Å². The minimum atomic E-state index is -1.69. The van der Waals surface area contributed by atoms with Crippen LogP contribution >= 0.6 is 0 Å². The van der Waals surface area contributed by atoms with Gasteiger partial charge in [0.05, 0.1) is 12.0 Å². The van der Waals surface area contributed by atoms with Gasteiger partial charge in [-0.3, -0.25) is 14.9 Å². The van der Waals surface area contributed by atoms with E-state index in [-0.39, 0.29) is 17.2 Å². The highest BCUT2D eigenvalue weighted by Crippen LogP contribution is 2.40. The largest absolute Gasteiger partial charge is 0.496 e. The Hall–Kier alpha value is -4.87. The van der Waals surface area contributed by atoms with Crippen molar-refractivity contribution < 1.29 is 29.5 Å². The van der Waals surface area contributed by atoms with Crippen molar-refractivity contribution in [2.24, 2.45) is 0 Å². The molecule has 12 nitrogen and oxygen atoms in total. The number of carboxylic acids is 2. The highest BCUT2D eigenvalue weighted by Gasteiger charge is 2.30. The molecule has 4 rings (SSSR count). The molecular weight excluding hydrogens is 484 g/mol. The first kappa shape index (κ1) is 25.2. The Kier molecular flexibility index (Phi) is 6.83. The molecule has 1 aliphatic heterocycles. The highest BCUT2D eigenvalue weighted by atomic mass is 16.6. The van der Waals surface area contributed by atoms with Crippen molar-refractivity contribution in [3.05, 3.63) is 79.6 Å². The van der Waals surface area contributed by atoms with Crippen LogP contribution in [-0.2, 0) is 0 Å². The number of hydrogen-bond donors (Lipinski definition) is 4. The van der Waals surface area contributed by atoms with Crippen molar-refractivity contribution in [2.75, 3.05) is 30.8 Å². The van der Waals surface area contributed by atoms with E-state index in [1.807, 2.05) is 34.1 Å². The zero-order valence-electron chi connectivity index (χ0n) is 19.8. The predicted molar refractivity (Wildman–Crippen MR) is 135 cm³/mol. The number of nitro groups is 1. The lowest BCUT2D eigenvalue weighted by Gasteiger charge is -2.34. The number of piperidine rings is 1. The van der Waals surface area contributed by atoms with E-state index in [9.17, 15) is 34.7 Å². The van der Waals surface area contributed by atoms with Gasteiger partial charge in [0.2, 0.25) is 0 Å². The third-order valence-electron chi connectivity index (χ3n) is 6.55. The van der Waals surface area contributed by atoms with Crippen molar-refractivity contribution >= 4 is 29.1 Å². The fourth-order valence-corrected chi connectivity index (χ4v) is 4.86. The Bertz CT molecular complexity index is 1460. The maximum Gasteiger partial charge on any atom is 0.342 e. The Labute approximate surface area is 210 Å². The lowest BCUT2D eigenvalue weighted by atomic mass is 9.88. The molecule has 12 heteroatoms. The Morgan fingerprint density at radius 3 is 2.35 bits per heavy atom. The molecule has 0 bridgehead atoms. The number of nitrogens with two attached hydrogens (primary N) is 1. The molecule has 2 aromatic carbocycles. The van der Waals surface area contributed by atoms with Gasteiger partial charge in [-0.1, -0.05) is 24.3 Å². The van der Waals surface area contributed by atoms with Gasteiger partial charge in [0.1, 0.15) is 28.4 Å². The van der Waals surface area contributed by atoms with E-state index in [1.54, 1.807) is 7.11 Å².